The first-order valence-corrected chi connectivity index (χ1v) is 10.8. The van der Waals surface area contributed by atoms with Gasteiger partial charge in [-0.2, -0.15) is 9.78 Å². The van der Waals surface area contributed by atoms with Crippen molar-refractivity contribution in [1.82, 2.24) is 35.6 Å². The number of hydrogen-bond acceptors (Lipinski definition) is 11. The van der Waals surface area contributed by atoms with Crippen molar-refractivity contribution in [2.24, 2.45) is 5.10 Å². The van der Waals surface area contributed by atoms with E-state index >= 15 is 0 Å². The van der Waals surface area contributed by atoms with Crippen LogP contribution in [0.25, 0.3) is 5.82 Å². The molecule has 1 aliphatic heterocycles. The molecule has 1 unspecified atom stereocenters. The summed E-state index contributed by atoms with van der Waals surface area (Å²) in [7, 11) is 3.11. The van der Waals surface area contributed by atoms with Gasteiger partial charge in [-0.1, -0.05) is 11.6 Å². The fourth-order valence-corrected chi connectivity index (χ4v) is 3.86. The molecule has 1 fully saturated rings. The molecule has 2 aromatic heterocycles. The Morgan fingerprint density at radius 2 is 2.09 bits per heavy atom. The molecule has 14 heteroatoms. The summed E-state index contributed by atoms with van der Waals surface area (Å²) in [5.41, 5.74) is 9.72. The van der Waals surface area contributed by atoms with Crippen LogP contribution in [0.3, 0.4) is 0 Å². The number of nitrogens with one attached hydrogen (secondary N) is 1. The summed E-state index contributed by atoms with van der Waals surface area (Å²) in [6.45, 7) is 3.49. The first kappa shape index (κ1) is 25.9. The summed E-state index contributed by atoms with van der Waals surface area (Å²) in [6.07, 6.45) is 4.83. The number of hydrogen-bond donors (Lipinski definition) is 2. The zero-order valence-electron chi connectivity index (χ0n) is 19.7. The van der Waals surface area contributed by atoms with Gasteiger partial charge in [0.1, 0.15) is 0 Å². The minimum absolute atomic E-state index is 0. The Morgan fingerprint density at radius 1 is 1.29 bits per heavy atom. The molecule has 1 saturated heterocycles. The Labute approximate surface area is 208 Å². The Hall–Kier alpha value is -3.71. The molecule has 1 atom stereocenters. The minimum atomic E-state index is -0.516. The maximum atomic E-state index is 13.0. The molecule has 0 spiro atoms. The molecule has 188 valence electrons. The molecule has 0 radical (unpaired) electrons. The fraction of sp³-hybridized carbons (Fsp3) is 0.429. The van der Waals surface area contributed by atoms with E-state index in [1.165, 1.54) is 17.3 Å². The van der Waals surface area contributed by atoms with Crippen molar-refractivity contribution in [3.8, 4) is 17.3 Å². The second-order valence-corrected chi connectivity index (χ2v) is 7.90. The largest absolute Gasteiger partial charge is 0.493 e. The highest BCUT2D eigenvalue weighted by Gasteiger charge is 2.28. The van der Waals surface area contributed by atoms with Crippen LogP contribution in [0.4, 0.5) is 5.82 Å². The number of piperidine rings is 1. The Bertz CT molecular complexity index is 1180. The van der Waals surface area contributed by atoms with Gasteiger partial charge in [0, 0.05) is 12.6 Å². The van der Waals surface area contributed by atoms with Crippen molar-refractivity contribution in [2.45, 2.75) is 38.8 Å². The molecule has 4 rings (SSSR count). The van der Waals surface area contributed by atoms with Crippen LogP contribution >= 0.6 is 12.4 Å². The third-order valence-corrected chi connectivity index (χ3v) is 5.76. The van der Waals surface area contributed by atoms with E-state index < -0.39 is 5.91 Å². The molecule has 1 aromatic carbocycles. The van der Waals surface area contributed by atoms with Crippen LogP contribution in [0.1, 0.15) is 47.9 Å². The number of hydrazone groups is 1. The molecule has 1 amide bonds. The number of rotatable bonds is 8. The number of anilines is 1. The van der Waals surface area contributed by atoms with Crippen LogP contribution in [-0.4, -0.2) is 69.1 Å². The zero-order valence-corrected chi connectivity index (χ0v) is 20.5. The summed E-state index contributed by atoms with van der Waals surface area (Å²) >= 11 is 0. The number of carbonyl (C=O) groups is 1. The van der Waals surface area contributed by atoms with Crippen LogP contribution in [0.5, 0.6) is 11.5 Å². The smallest absolute Gasteiger partial charge is 0.293 e. The summed E-state index contributed by atoms with van der Waals surface area (Å²) in [5, 5.41) is 19.6. The third kappa shape index (κ3) is 5.69. The highest BCUT2D eigenvalue weighted by molar-refractivity contribution is 5.94. The second kappa shape index (κ2) is 11.6. The van der Waals surface area contributed by atoms with Gasteiger partial charge >= 0.3 is 0 Å². The quantitative estimate of drug-likeness (QED) is 0.341. The van der Waals surface area contributed by atoms with Crippen molar-refractivity contribution in [3.05, 3.63) is 35.2 Å². The van der Waals surface area contributed by atoms with Crippen molar-refractivity contribution in [2.75, 3.05) is 26.5 Å². The lowest BCUT2D eigenvalue weighted by atomic mass is 10.0. The Balaban J connectivity index is 0.00000342. The predicted octanol–water partition coefficient (Wildman–Crippen LogP) is 1.81. The number of carbonyl (C=O) groups excluding carboxylic acids is 1. The van der Waals surface area contributed by atoms with Gasteiger partial charge in [0.2, 0.25) is 11.6 Å². The lowest BCUT2D eigenvalue weighted by molar-refractivity contribution is 0.0945. The van der Waals surface area contributed by atoms with Gasteiger partial charge < -0.3 is 15.2 Å². The van der Waals surface area contributed by atoms with Gasteiger partial charge in [0.15, 0.2) is 17.2 Å². The third-order valence-electron chi connectivity index (χ3n) is 5.76. The van der Waals surface area contributed by atoms with Crippen LogP contribution in [0.15, 0.2) is 27.9 Å². The van der Waals surface area contributed by atoms with E-state index in [1.807, 2.05) is 0 Å². The SMILES string of the molecule is COc1ccc(/C=N\NC(=O)c2nnn(-c3nonc3N)c2CN2CCCCC2C)cc1OC.Cl. The lowest BCUT2D eigenvalue weighted by Gasteiger charge is -2.33. The average Bonchev–Trinajstić information content (AvgIpc) is 3.45. The first-order chi connectivity index (χ1) is 16.5. The zero-order chi connectivity index (χ0) is 24.1. The van der Waals surface area contributed by atoms with E-state index in [9.17, 15) is 4.79 Å². The summed E-state index contributed by atoms with van der Waals surface area (Å²) in [4.78, 5) is 15.2. The number of benzene rings is 1. The van der Waals surface area contributed by atoms with E-state index in [0.29, 0.717) is 35.3 Å². The van der Waals surface area contributed by atoms with Crippen molar-refractivity contribution in [1.29, 1.82) is 0 Å². The van der Waals surface area contributed by atoms with Crippen LogP contribution in [0, 0.1) is 0 Å². The number of ether oxygens (including phenoxy) is 2. The van der Waals surface area contributed by atoms with Crippen LogP contribution in [-0.2, 0) is 6.54 Å². The normalized spacial score (nSPS) is 16.1. The average molecular weight is 506 g/mol. The summed E-state index contributed by atoms with van der Waals surface area (Å²) < 4.78 is 16.6. The summed E-state index contributed by atoms with van der Waals surface area (Å²) in [6, 6.07) is 5.64. The topological polar surface area (TPSA) is 159 Å². The van der Waals surface area contributed by atoms with Crippen molar-refractivity contribution < 1.29 is 18.9 Å². The first-order valence-electron chi connectivity index (χ1n) is 10.8. The van der Waals surface area contributed by atoms with Crippen LogP contribution < -0.4 is 20.6 Å². The highest BCUT2D eigenvalue weighted by atomic mass is 35.5. The number of halogens is 1. The lowest BCUT2D eigenvalue weighted by Crippen LogP contribution is -2.38. The van der Waals surface area contributed by atoms with Gasteiger partial charge in [0.25, 0.3) is 5.91 Å². The van der Waals surface area contributed by atoms with Gasteiger partial charge in [-0.3, -0.25) is 9.69 Å². The Kier molecular flexibility index (Phi) is 8.60. The molecule has 3 aromatic rings. The Morgan fingerprint density at radius 3 is 2.77 bits per heavy atom. The van der Waals surface area contributed by atoms with E-state index in [1.54, 1.807) is 32.4 Å². The van der Waals surface area contributed by atoms with E-state index in [2.05, 4.69) is 43.0 Å². The molecule has 13 nitrogen and oxygen atoms in total. The van der Waals surface area contributed by atoms with Gasteiger partial charge in [-0.15, -0.1) is 17.5 Å². The number of nitrogens with zero attached hydrogens (tertiary/aromatic N) is 7. The van der Waals surface area contributed by atoms with E-state index in [0.717, 1.165) is 19.4 Å². The predicted molar refractivity (Wildman–Crippen MR) is 129 cm³/mol. The summed E-state index contributed by atoms with van der Waals surface area (Å²) in [5.74, 6) is 0.866. The minimum Gasteiger partial charge on any atom is -0.493 e. The molecule has 35 heavy (non-hydrogen) atoms. The number of nitrogens with two attached hydrogens (primary N) is 1. The van der Waals surface area contributed by atoms with Crippen molar-refractivity contribution >= 4 is 30.3 Å². The molecule has 0 aliphatic carbocycles. The number of methoxy groups -OCH3 is 2. The van der Waals surface area contributed by atoms with Crippen molar-refractivity contribution in [3.63, 3.8) is 0 Å². The number of aromatic nitrogens is 5. The fourth-order valence-electron chi connectivity index (χ4n) is 3.86. The monoisotopic (exact) mass is 505 g/mol. The molecular weight excluding hydrogens is 478 g/mol. The second-order valence-electron chi connectivity index (χ2n) is 7.90. The van der Waals surface area contributed by atoms with Gasteiger partial charge in [-0.05, 0) is 60.4 Å². The molecule has 3 heterocycles. The molecule has 1 aliphatic rings. The number of likely N-dealkylation sites (tertiary alicyclic amines) is 1. The maximum absolute atomic E-state index is 13.0. The number of nitrogen functional groups attached to an aromatic ring is 1. The van der Waals surface area contributed by atoms with Gasteiger partial charge in [-0.25, -0.2) is 10.1 Å². The number of amides is 1. The van der Waals surface area contributed by atoms with Crippen LogP contribution in [0.2, 0.25) is 0 Å². The highest BCUT2D eigenvalue weighted by Crippen LogP contribution is 2.27. The standard InChI is InChI=1S/C21H27N9O4.ClH/c1-13-6-4-5-9-29(13)12-15-18(24-28-30(15)20-19(22)26-34-27-20)21(31)25-23-11-14-7-8-16(32-2)17(10-14)33-3;/h7-8,10-11,13H,4-6,9,12H2,1-3H3,(H2,22,26)(H,25,31);1H/b23-11-;. The van der Waals surface area contributed by atoms with E-state index in [4.69, 9.17) is 19.8 Å². The van der Waals surface area contributed by atoms with Gasteiger partial charge in [0.05, 0.1) is 26.1 Å². The molecule has 0 saturated carbocycles. The molecular formula is C21H28ClN9O4. The molecule has 0 bridgehead atoms. The van der Waals surface area contributed by atoms with E-state index in [-0.39, 0.29) is 29.7 Å². The maximum Gasteiger partial charge on any atom is 0.293 e. The molecule has 3 N–H and O–H groups in total.